The summed E-state index contributed by atoms with van der Waals surface area (Å²) in [7, 11) is -3.93. The average molecular weight is 323 g/mol. The Morgan fingerprint density at radius 1 is 1.42 bits per heavy atom. The highest BCUT2D eigenvalue weighted by molar-refractivity contribution is 7.94. The molecular weight excluding hydrogens is 315 g/mol. The van der Waals surface area contributed by atoms with E-state index in [0.717, 1.165) is 12.1 Å². The highest BCUT2D eigenvalue weighted by Crippen LogP contribution is 2.26. The molecule has 2 N–H and O–H groups in total. The van der Waals surface area contributed by atoms with E-state index in [1.54, 1.807) is 0 Å². The van der Waals surface area contributed by atoms with Gasteiger partial charge in [-0.25, -0.2) is 12.8 Å². The molecule has 0 saturated carbocycles. The largest absolute Gasteiger partial charge is 0.315 e. The summed E-state index contributed by atoms with van der Waals surface area (Å²) in [6, 6.07) is 3.28. The van der Waals surface area contributed by atoms with Gasteiger partial charge in [0, 0.05) is 5.69 Å². The molecule has 0 fully saturated rings. The molecule has 9 heteroatoms. The fourth-order valence-corrected chi connectivity index (χ4v) is 4.06. The lowest BCUT2D eigenvalue weighted by Crippen LogP contribution is -2.13. The van der Waals surface area contributed by atoms with Crippen molar-refractivity contribution >= 4 is 38.6 Å². The number of hydrogen-bond acceptors (Lipinski definition) is 4. The van der Waals surface area contributed by atoms with E-state index in [4.69, 9.17) is 11.6 Å². The number of aromatic nitrogens is 1. The Morgan fingerprint density at radius 3 is 2.63 bits per heavy atom. The zero-order valence-corrected chi connectivity index (χ0v) is 11.9. The number of sulfonamides is 1. The molecule has 0 atom stereocenters. The summed E-state index contributed by atoms with van der Waals surface area (Å²) in [6.07, 6.45) is 0. The fourth-order valence-electron chi connectivity index (χ4n) is 1.41. The third-order valence-electron chi connectivity index (χ3n) is 2.20. The Bertz CT molecular complexity index is 782. The number of hydrogen-bond donors (Lipinski definition) is 2. The molecule has 0 aliphatic rings. The van der Waals surface area contributed by atoms with Gasteiger partial charge in [-0.1, -0.05) is 22.9 Å². The van der Waals surface area contributed by atoms with Gasteiger partial charge in [0.05, 0.1) is 10.7 Å². The monoisotopic (exact) mass is 322 g/mol. The van der Waals surface area contributed by atoms with Gasteiger partial charge < -0.3 is 4.98 Å². The van der Waals surface area contributed by atoms with Crippen molar-refractivity contribution in [3.8, 4) is 0 Å². The smallest absolute Gasteiger partial charge is 0.306 e. The lowest BCUT2D eigenvalue weighted by molar-refractivity contribution is 0.602. The van der Waals surface area contributed by atoms with Gasteiger partial charge in [-0.15, -0.1) is 0 Å². The van der Waals surface area contributed by atoms with Crippen molar-refractivity contribution in [3.63, 3.8) is 0 Å². The van der Waals surface area contributed by atoms with Crippen LogP contribution >= 0.6 is 22.9 Å². The van der Waals surface area contributed by atoms with Crippen LogP contribution in [0.15, 0.2) is 27.2 Å². The van der Waals surface area contributed by atoms with Crippen LogP contribution in [0, 0.1) is 12.7 Å². The fraction of sp³-hybridized carbons (Fsp3) is 0.100. The van der Waals surface area contributed by atoms with Crippen LogP contribution in [-0.4, -0.2) is 13.4 Å². The quantitative estimate of drug-likeness (QED) is 0.910. The topological polar surface area (TPSA) is 79.0 Å². The van der Waals surface area contributed by atoms with Crippen LogP contribution < -0.4 is 9.60 Å². The molecule has 1 heterocycles. The van der Waals surface area contributed by atoms with Crippen LogP contribution in [-0.2, 0) is 10.0 Å². The Kier molecular flexibility index (Phi) is 3.66. The number of thiazole rings is 1. The van der Waals surface area contributed by atoms with Crippen LogP contribution in [0.25, 0.3) is 0 Å². The van der Waals surface area contributed by atoms with Crippen molar-refractivity contribution in [2.45, 2.75) is 11.1 Å². The van der Waals surface area contributed by atoms with Gasteiger partial charge in [-0.3, -0.25) is 9.52 Å². The second-order valence-electron chi connectivity index (χ2n) is 3.66. The predicted octanol–water partition coefficient (Wildman–Crippen LogP) is 2.34. The van der Waals surface area contributed by atoms with Crippen LogP contribution in [0.1, 0.15) is 5.69 Å². The Labute approximate surface area is 117 Å². The average Bonchev–Trinajstić information content (AvgIpc) is 2.63. The van der Waals surface area contributed by atoms with E-state index in [1.165, 1.54) is 13.0 Å². The third kappa shape index (κ3) is 2.96. The molecule has 2 rings (SSSR count). The van der Waals surface area contributed by atoms with E-state index >= 15 is 0 Å². The number of H-pyrrole nitrogens is 1. The van der Waals surface area contributed by atoms with E-state index in [2.05, 4.69) is 9.71 Å². The van der Waals surface area contributed by atoms with Gasteiger partial charge >= 0.3 is 4.87 Å². The summed E-state index contributed by atoms with van der Waals surface area (Å²) in [5, 5.41) is -0.0656. The minimum Gasteiger partial charge on any atom is -0.315 e. The minimum atomic E-state index is -3.93. The van der Waals surface area contributed by atoms with Crippen LogP contribution in [0.4, 0.5) is 10.1 Å². The maximum Gasteiger partial charge on any atom is 0.306 e. The zero-order chi connectivity index (χ0) is 14.2. The van der Waals surface area contributed by atoms with Crippen molar-refractivity contribution in [1.29, 1.82) is 0 Å². The molecule has 2 aromatic rings. The molecule has 1 aromatic heterocycles. The molecule has 19 heavy (non-hydrogen) atoms. The first-order chi connectivity index (χ1) is 8.79. The number of rotatable bonds is 3. The summed E-state index contributed by atoms with van der Waals surface area (Å²) in [5.41, 5.74) is 0.282. The third-order valence-corrected chi connectivity index (χ3v) is 5.48. The summed E-state index contributed by atoms with van der Waals surface area (Å²) in [5.74, 6) is -0.574. The molecule has 0 amide bonds. The van der Waals surface area contributed by atoms with Gasteiger partial charge in [0.15, 0.2) is 4.21 Å². The van der Waals surface area contributed by atoms with E-state index in [1.807, 2.05) is 0 Å². The number of anilines is 1. The van der Waals surface area contributed by atoms with E-state index in [0.29, 0.717) is 11.3 Å². The van der Waals surface area contributed by atoms with Crippen molar-refractivity contribution in [1.82, 2.24) is 4.98 Å². The van der Waals surface area contributed by atoms with Gasteiger partial charge in [-0.05, 0) is 25.1 Å². The molecular formula is C10H8ClFN2O3S2. The van der Waals surface area contributed by atoms with Crippen molar-refractivity contribution in [2.75, 3.05) is 4.72 Å². The van der Waals surface area contributed by atoms with Crippen LogP contribution in [0.2, 0.25) is 5.02 Å². The molecule has 0 spiro atoms. The minimum absolute atomic E-state index is 0.0447. The molecule has 0 saturated heterocycles. The van der Waals surface area contributed by atoms with Gasteiger partial charge in [-0.2, -0.15) is 0 Å². The SMILES string of the molecule is Cc1[nH]c(=O)sc1S(=O)(=O)Nc1ccc(F)cc1Cl. The molecule has 0 aliphatic carbocycles. The van der Waals surface area contributed by atoms with Gasteiger partial charge in [0.25, 0.3) is 10.0 Å². The second kappa shape index (κ2) is 4.95. The lowest BCUT2D eigenvalue weighted by atomic mass is 10.3. The van der Waals surface area contributed by atoms with Crippen molar-refractivity contribution < 1.29 is 12.8 Å². The number of aromatic amines is 1. The van der Waals surface area contributed by atoms with Crippen molar-refractivity contribution in [3.05, 3.63) is 44.4 Å². The van der Waals surface area contributed by atoms with Crippen LogP contribution in [0.3, 0.4) is 0 Å². The first-order valence-electron chi connectivity index (χ1n) is 4.97. The standard InChI is InChI=1S/C10H8ClFN2O3S2/c1-5-9(18-10(15)13-5)19(16,17)14-8-3-2-6(12)4-7(8)11/h2-4,14H,1H3,(H,13,15). The number of aryl methyl sites for hydroxylation is 1. The van der Waals surface area contributed by atoms with E-state index in [9.17, 15) is 17.6 Å². The number of nitrogens with one attached hydrogen (secondary N) is 2. The molecule has 0 radical (unpaired) electrons. The van der Waals surface area contributed by atoms with Gasteiger partial charge in [0.1, 0.15) is 5.82 Å². The molecule has 0 bridgehead atoms. The van der Waals surface area contributed by atoms with E-state index in [-0.39, 0.29) is 20.6 Å². The maximum atomic E-state index is 12.9. The van der Waals surface area contributed by atoms with Crippen LogP contribution in [0.5, 0.6) is 0 Å². The highest BCUT2D eigenvalue weighted by Gasteiger charge is 2.21. The molecule has 5 nitrogen and oxygen atoms in total. The Hall–Kier alpha value is -1.38. The number of halogens is 2. The van der Waals surface area contributed by atoms with Crippen molar-refractivity contribution in [2.24, 2.45) is 0 Å². The highest BCUT2D eigenvalue weighted by atomic mass is 35.5. The van der Waals surface area contributed by atoms with Gasteiger partial charge in [0.2, 0.25) is 0 Å². The summed E-state index contributed by atoms with van der Waals surface area (Å²) in [6.45, 7) is 1.47. The lowest BCUT2D eigenvalue weighted by Gasteiger charge is -2.08. The first kappa shape index (κ1) is 14.0. The molecule has 102 valence electrons. The normalized spacial score (nSPS) is 11.5. The van der Waals surface area contributed by atoms with E-state index < -0.39 is 20.7 Å². The Morgan fingerprint density at radius 2 is 2.11 bits per heavy atom. The first-order valence-corrected chi connectivity index (χ1v) is 7.65. The number of benzene rings is 1. The predicted molar refractivity (Wildman–Crippen MR) is 71.9 cm³/mol. The summed E-state index contributed by atoms with van der Waals surface area (Å²) in [4.78, 5) is 13.0. The molecule has 0 unspecified atom stereocenters. The Balaban J connectivity index is 2.42. The maximum absolute atomic E-state index is 12.9. The molecule has 1 aromatic carbocycles. The zero-order valence-electron chi connectivity index (χ0n) is 9.53. The molecule has 0 aliphatic heterocycles. The summed E-state index contributed by atoms with van der Waals surface area (Å²) < 4.78 is 39.1. The summed E-state index contributed by atoms with van der Waals surface area (Å²) >= 11 is 6.31. The second-order valence-corrected chi connectivity index (χ2v) is 6.92.